The average Bonchev–Trinajstić information content (AvgIpc) is 2.91. The van der Waals surface area contributed by atoms with Gasteiger partial charge in [0.25, 0.3) is 0 Å². The Labute approximate surface area is 104 Å². The SMILES string of the molecule is NC(=S)CC(=O)N(Cc1ccsc1)C1CC1. The molecule has 0 saturated heterocycles. The summed E-state index contributed by atoms with van der Waals surface area (Å²) in [5.41, 5.74) is 6.60. The van der Waals surface area contributed by atoms with E-state index in [-0.39, 0.29) is 17.3 Å². The number of hydrogen-bond donors (Lipinski definition) is 1. The summed E-state index contributed by atoms with van der Waals surface area (Å²) in [6.07, 6.45) is 2.40. The van der Waals surface area contributed by atoms with Crippen LogP contribution in [0.5, 0.6) is 0 Å². The highest BCUT2D eigenvalue weighted by molar-refractivity contribution is 7.80. The molecule has 1 aromatic rings. The smallest absolute Gasteiger partial charge is 0.229 e. The first kappa shape index (κ1) is 11.5. The maximum absolute atomic E-state index is 11.9. The predicted molar refractivity (Wildman–Crippen MR) is 69.3 cm³/mol. The third-order valence-electron chi connectivity index (χ3n) is 2.57. The molecule has 1 aromatic heterocycles. The largest absolute Gasteiger partial charge is 0.393 e. The summed E-state index contributed by atoms with van der Waals surface area (Å²) < 4.78 is 0. The minimum absolute atomic E-state index is 0.0567. The number of carbonyl (C=O) groups excluding carboxylic acids is 1. The van der Waals surface area contributed by atoms with Gasteiger partial charge < -0.3 is 10.6 Å². The number of hydrogen-bond acceptors (Lipinski definition) is 3. The van der Waals surface area contributed by atoms with E-state index in [1.807, 2.05) is 16.3 Å². The Hall–Kier alpha value is -0.940. The fraction of sp³-hybridized carbons (Fsp3) is 0.455. The molecule has 0 atom stereocenters. The van der Waals surface area contributed by atoms with Crippen molar-refractivity contribution in [3.63, 3.8) is 0 Å². The number of thiophene rings is 1. The molecule has 1 amide bonds. The molecule has 0 aliphatic heterocycles. The van der Waals surface area contributed by atoms with E-state index in [0.29, 0.717) is 12.6 Å². The number of nitrogens with zero attached hydrogens (tertiary/aromatic N) is 1. The highest BCUT2D eigenvalue weighted by atomic mass is 32.1. The standard InChI is InChI=1S/C11H14N2OS2/c12-10(15)5-11(14)13(9-1-2-9)6-8-3-4-16-7-8/h3-4,7,9H,1-2,5-6H2,(H2,12,15). The summed E-state index contributed by atoms with van der Waals surface area (Å²) in [6, 6.07) is 2.45. The maximum atomic E-state index is 11.9. The van der Waals surface area contributed by atoms with Crippen LogP contribution in [0.25, 0.3) is 0 Å². The molecule has 0 spiro atoms. The van der Waals surface area contributed by atoms with Crippen LogP contribution in [0.1, 0.15) is 24.8 Å². The minimum Gasteiger partial charge on any atom is -0.393 e. The van der Waals surface area contributed by atoms with Gasteiger partial charge in [-0.05, 0) is 35.2 Å². The zero-order chi connectivity index (χ0) is 11.5. The molecule has 16 heavy (non-hydrogen) atoms. The molecule has 2 N–H and O–H groups in total. The van der Waals surface area contributed by atoms with E-state index in [0.717, 1.165) is 12.8 Å². The van der Waals surface area contributed by atoms with Gasteiger partial charge in [0.05, 0.1) is 11.4 Å². The van der Waals surface area contributed by atoms with Gasteiger partial charge in [-0.2, -0.15) is 11.3 Å². The molecular weight excluding hydrogens is 240 g/mol. The van der Waals surface area contributed by atoms with Crippen molar-refractivity contribution in [3.8, 4) is 0 Å². The summed E-state index contributed by atoms with van der Waals surface area (Å²) in [6.45, 7) is 0.690. The lowest BCUT2D eigenvalue weighted by atomic mass is 10.2. The Bertz CT molecular complexity index is 385. The zero-order valence-corrected chi connectivity index (χ0v) is 10.5. The first-order valence-electron chi connectivity index (χ1n) is 5.25. The summed E-state index contributed by atoms with van der Waals surface area (Å²) in [4.78, 5) is 14.1. The second kappa shape index (κ2) is 4.93. The molecule has 0 bridgehead atoms. The molecule has 1 saturated carbocycles. The third-order valence-corrected chi connectivity index (χ3v) is 3.44. The Kier molecular flexibility index (Phi) is 3.56. The van der Waals surface area contributed by atoms with Crippen LogP contribution in [0, 0.1) is 0 Å². The van der Waals surface area contributed by atoms with Crippen LogP contribution in [-0.2, 0) is 11.3 Å². The fourth-order valence-corrected chi connectivity index (χ4v) is 2.42. The molecule has 2 rings (SSSR count). The van der Waals surface area contributed by atoms with Crippen LogP contribution in [0.3, 0.4) is 0 Å². The first-order chi connectivity index (χ1) is 7.66. The number of rotatable bonds is 5. The first-order valence-corrected chi connectivity index (χ1v) is 6.61. The van der Waals surface area contributed by atoms with Crippen LogP contribution in [0.2, 0.25) is 0 Å². The van der Waals surface area contributed by atoms with E-state index in [1.54, 1.807) is 11.3 Å². The molecule has 86 valence electrons. The molecule has 0 unspecified atom stereocenters. The zero-order valence-electron chi connectivity index (χ0n) is 8.89. The van der Waals surface area contributed by atoms with E-state index in [9.17, 15) is 4.79 Å². The Morgan fingerprint density at radius 3 is 2.88 bits per heavy atom. The number of nitrogens with two attached hydrogens (primary N) is 1. The summed E-state index contributed by atoms with van der Waals surface area (Å²) in [5, 5.41) is 4.10. The lowest BCUT2D eigenvalue weighted by Crippen LogP contribution is -2.34. The van der Waals surface area contributed by atoms with Crippen molar-refractivity contribution in [2.75, 3.05) is 0 Å². The molecule has 1 heterocycles. The van der Waals surface area contributed by atoms with Gasteiger partial charge >= 0.3 is 0 Å². The molecule has 1 aliphatic carbocycles. The minimum atomic E-state index is 0.0567. The van der Waals surface area contributed by atoms with E-state index >= 15 is 0 Å². The maximum Gasteiger partial charge on any atom is 0.229 e. The van der Waals surface area contributed by atoms with E-state index in [4.69, 9.17) is 18.0 Å². The number of amides is 1. The van der Waals surface area contributed by atoms with Crippen molar-refractivity contribution in [3.05, 3.63) is 22.4 Å². The van der Waals surface area contributed by atoms with Crippen molar-refractivity contribution >= 4 is 34.5 Å². The van der Waals surface area contributed by atoms with Crippen LogP contribution >= 0.6 is 23.6 Å². The van der Waals surface area contributed by atoms with Crippen molar-refractivity contribution in [2.45, 2.75) is 31.8 Å². The highest BCUT2D eigenvalue weighted by Crippen LogP contribution is 2.29. The topological polar surface area (TPSA) is 46.3 Å². The van der Waals surface area contributed by atoms with Gasteiger partial charge in [0.15, 0.2) is 0 Å². The highest BCUT2D eigenvalue weighted by Gasteiger charge is 2.32. The monoisotopic (exact) mass is 254 g/mol. The lowest BCUT2D eigenvalue weighted by Gasteiger charge is -2.21. The van der Waals surface area contributed by atoms with Crippen molar-refractivity contribution < 1.29 is 4.79 Å². The van der Waals surface area contributed by atoms with Gasteiger partial charge in [0.1, 0.15) is 0 Å². The van der Waals surface area contributed by atoms with Crippen molar-refractivity contribution in [2.24, 2.45) is 5.73 Å². The Morgan fingerprint density at radius 2 is 2.38 bits per heavy atom. The van der Waals surface area contributed by atoms with Crippen molar-refractivity contribution in [1.29, 1.82) is 0 Å². The Morgan fingerprint density at radius 1 is 1.62 bits per heavy atom. The number of thiocarbonyl (C=S) groups is 1. The van der Waals surface area contributed by atoms with Crippen LogP contribution < -0.4 is 5.73 Å². The van der Waals surface area contributed by atoms with Gasteiger partial charge in [-0.15, -0.1) is 0 Å². The number of carbonyl (C=O) groups is 1. The molecule has 3 nitrogen and oxygen atoms in total. The van der Waals surface area contributed by atoms with Crippen LogP contribution in [-0.4, -0.2) is 21.8 Å². The molecule has 0 radical (unpaired) electrons. The Balaban J connectivity index is 1.99. The van der Waals surface area contributed by atoms with Crippen molar-refractivity contribution in [1.82, 2.24) is 4.90 Å². The van der Waals surface area contributed by atoms with Gasteiger partial charge in [-0.25, -0.2) is 0 Å². The quantitative estimate of drug-likeness (QED) is 0.817. The van der Waals surface area contributed by atoms with Gasteiger partial charge in [-0.3, -0.25) is 4.79 Å². The van der Waals surface area contributed by atoms with Crippen LogP contribution in [0.15, 0.2) is 16.8 Å². The summed E-state index contributed by atoms with van der Waals surface area (Å²) >= 11 is 6.43. The average molecular weight is 254 g/mol. The van der Waals surface area contributed by atoms with E-state index in [2.05, 4.69) is 5.38 Å². The molecular formula is C11H14N2OS2. The summed E-state index contributed by atoms with van der Waals surface area (Å²) in [7, 11) is 0. The fourth-order valence-electron chi connectivity index (χ4n) is 1.64. The molecule has 1 fully saturated rings. The van der Waals surface area contributed by atoms with Gasteiger partial charge in [0, 0.05) is 12.6 Å². The molecule has 5 heteroatoms. The van der Waals surface area contributed by atoms with Gasteiger partial charge in [-0.1, -0.05) is 12.2 Å². The second-order valence-corrected chi connectivity index (χ2v) is 5.33. The third kappa shape index (κ3) is 3.02. The second-order valence-electron chi connectivity index (χ2n) is 4.03. The predicted octanol–water partition coefficient (Wildman–Crippen LogP) is 1.92. The summed E-state index contributed by atoms with van der Waals surface area (Å²) in [5.74, 6) is 0.0567. The van der Waals surface area contributed by atoms with E-state index in [1.165, 1.54) is 5.56 Å². The molecule has 0 aromatic carbocycles. The molecule has 1 aliphatic rings. The van der Waals surface area contributed by atoms with Gasteiger partial charge in [0.2, 0.25) is 5.91 Å². The van der Waals surface area contributed by atoms with E-state index < -0.39 is 0 Å². The lowest BCUT2D eigenvalue weighted by molar-refractivity contribution is -0.131. The normalized spacial score (nSPS) is 14.8. The van der Waals surface area contributed by atoms with Crippen LogP contribution in [0.4, 0.5) is 0 Å².